The predicted molar refractivity (Wildman–Crippen MR) is 266 cm³/mol. The van der Waals surface area contributed by atoms with E-state index in [-0.39, 0.29) is 0 Å². The minimum atomic E-state index is -0.826. The van der Waals surface area contributed by atoms with Crippen molar-refractivity contribution in [2.45, 2.75) is 92.2 Å². The van der Waals surface area contributed by atoms with E-state index in [2.05, 4.69) is 199 Å². The number of fused-ring (bicyclic) bond motifs is 2. The molecule has 60 heavy (non-hydrogen) atoms. The van der Waals surface area contributed by atoms with Crippen LogP contribution in [-0.4, -0.2) is 9.52 Å². The zero-order valence-electron chi connectivity index (χ0n) is 36.4. The van der Waals surface area contributed by atoms with Crippen LogP contribution in [0.2, 0.25) is 13.1 Å². The summed E-state index contributed by atoms with van der Waals surface area (Å²) in [7, 11) is 11.0. The van der Waals surface area contributed by atoms with Gasteiger partial charge in [-0.3, -0.25) is 0 Å². The van der Waals surface area contributed by atoms with E-state index in [1.807, 2.05) is 0 Å². The molecule has 0 unspecified atom stereocenters. The number of unbranched alkanes of at least 4 members (excludes halogenated alkanes) is 2. The van der Waals surface area contributed by atoms with E-state index in [0.29, 0.717) is 0 Å². The molecule has 0 aliphatic carbocycles. The van der Waals surface area contributed by atoms with Crippen molar-refractivity contribution in [1.29, 1.82) is 0 Å². The normalized spacial score (nSPS) is 10.5. The van der Waals surface area contributed by atoms with E-state index in [0.717, 1.165) is 22.4 Å². The molecule has 0 aromatic heterocycles. The van der Waals surface area contributed by atoms with Crippen LogP contribution in [0.5, 0.6) is 0 Å². The predicted octanol–water partition coefficient (Wildman–Crippen LogP) is 17.8. The van der Waals surface area contributed by atoms with E-state index in [9.17, 15) is 0 Å². The third-order valence-corrected chi connectivity index (χ3v) is 11.0. The molecular formula is C56H60Cl2SiZr. The molecule has 0 amide bonds. The molecule has 8 aromatic carbocycles. The Morgan fingerprint density at radius 3 is 1.17 bits per heavy atom. The van der Waals surface area contributed by atoms with Gasteiger partial charge in [-0.15, -0.1) is 56.9 Å². The standard InChI is InChI=1S/2C27H27.C2H6Si.2ClH.Zr/c2*1-3-5-11-20-18-23-16-17-25(22-13-7-6-8-14-22)27(26(23)19-20)24-15-10-9-12-21(24)4-2;1-3-2;;;/h2*6-10,12-19H,3-5,11H2,1-2H3;1-2H3;2*1H;/q2*-1;;;;+4/p-2. The maximum absolute atomic E-state index is 4.93. The number of aryl methyl sites for hydroxylation is 4. The summed E-state index contributed by atoms with van der Waals surface area (Å²) in [5.74, 6) is 0. The molecule has 0 aliphatic heterocycles. The third-order valence-electron chi connectivity index (χ3n) is 11.0. The van der Waals surface area contributed by atoms with Gasteiger partial charge < -0.3 is 0 Å². The van der Waals surface area contributed by atoms with Crippen LogP contribution in [0.1, 0.15) is 75.6 Å². The van der Waals surface area contributed by atoms with Gasteiger partial charge in [-0.2, -0.15) is 12.1 Å². The SMILES string of the molecule is CCCCc1cc2c(-c3ccccc3CC)c(-c3ccccc3)ccc2[cH-]1.CCCCc1cc2c(-c3ccccc3CC)c(-c3ccccc3)ccc2[cH-]1.C[Si]C.[Cl][Zr+2][Cl]. The van der Waals surface area contributed by atoms with Crippen LogP contribution >= 0.6 is 17.0 Å². The Bertz CT molecular complexity index is 2300. The second kappa shape index (κ2) is 25.2. The molecule has 0 atom stereocenters. The summed E-state index contributed by atoms with van der Waals surface area (Å²) < 4.78 is 0. The molecule has 306 valence electrons. The molecular weight excluding hydrogens is 863 g/mol. The van der Waals surface area contributed by atoms with Crippen molar-refractivity contribution in [3.63, 3.8) is 0 Å². The van der Waals surface area contributed by atoms with Crippen molar-refractivity contribution in [1.82, 2.24) is 0 Å². The van der Waals surface area contributed by atoms with Gasteiger partial charge in [-0.1, -0.05) is 199 Å². The number of rotatable bonds is 12. The van der Waals surface area contributed by atoms with Crippen molar-refractivity contribution in [2.75, 3.05) is 0 Å². The molecule has 0 N–H and O–H groups in total. The average molecular weight is 923 g/mol. The third kappa shape index (κ3) is 12.2. The number of benzene rings is 6. The van der Waals surface area contributed by atoms with Crippen LogP contribution < -0.4 is 0 Å². The molecule has 8 rings (SSSR count). The number of hydrogen-bond acceptors (Lipinski definition) is 0. The first kappa shape index (κ1) is 47.3. The molecule has 0 heterocycles. The van der Waals surface area contributed by atoms with E-state index in [4.69, 9.17) is 17.0 Å². The van der Waals surface area contributed by atoms with Gasteiger partial charge >= 0.3 is 37.9 Å². The molecule has 0 aliphatic rings. The fraction of sp³-hybridized carbons (Fsp3) is 0.250. The van der Waals surface area contributed by atoms with Crippen LogP contribution in [-0.2, 0) is 46.5 Å². The van der Waals surface area contributed by atoms with Crippen molar-refractivity contribution < 1.29 is 20.8 Å². The zero-order valence-corrected chi connectivity index (χ0v) is 41.4. The van der Waals surface area contributed by atoms with Crippen LogP contribution in [0.15, 0.2) is 158 Å². The Kier molecular flexibility index (Phi) is 19.9. The molecule has 0 fully saturated rings. The van der Waals surface area contributed by atoms with Crippen LogP contribution in [0.3, 0.4) is 0 Å². The summed E-state index contributed by atoms with van der Waals surface area (Å²) in [5, 5.41) is 5.51. The van der Waals surface area contributed by atoms with E-state index in [1.165, 1.54) is 127 Å². The quantitative estimate of drug-likeness (QED) is 0.0846. The van der Waals surface area contributed by atoms with Crippen LogP contribution in [0.25, 0.3) is 66.1 Å². The second-order valence-electron chi connectivity index (χ2n) is 15.2. The molecule has 0 spiro atoms. The minimum absolute atomic E-state index is 0.826. The zero-order chi connectivity index (χ0) is 42.7. The van der Waals surface area contributed by atoms with Gasteiger partial charge in [0.15, 0.2) is 0 Å². The van der Waals surface area contributed by atoms with Crippen molar-refractivity contribution in [3.8, 4) is 44.5 Å². The van der Waals surface area contributed by atoms with Crippen molar-refractivity contribution in [2.24, 2.45) is 0 Å². The van der Waals surface area contributed by atoms with Gasteiger partial charge in [-0.25, -0.2) is 0 Å². The van der Waals surface area contributed by atoms with Gasteiger partial charge in [0.1, 0.15) is 0 Å². The summed E-state index contributed by atoms with van der Waals surface area (Å²) in [6, 6.07) is 58.2. The molecule has 0 nitrogen and oxygen atoms in total. The molecule has 0 saturated carbocycles. The molecule has 4 heteroatoms. The fourth-order valence-corrected chi connectivity index (χ4v) is 8.18. The van der Waals surface area contributed by atoms with Gasteiger partial charge in [0.25, 0.3) is 0 Å². The summed E-state index contributed by atoms with van der Waals surface area (Å²) >= 11 is -0.826. The summed E-state index contributed by atoms with van der Waals surface area (Å²) in [6.45, 7) is 13.3. The van der Waals surface area contributed by atoms with Crippen LogP contribution in [0.4, 0.5) is 0 Å². The maximum atomic E-state index is 4.93. The Morgan fingerprint density at radius 2 is 0.817 bits per heavy atom. The molecule has 8 aromatic rings. The number of hydrogen-bond donors (Lipinski definition) is 0. The van der Waals surface area contributed by atoms with Gasteiger partial charge in [0, 0.05) is 9.52 Å². The van der Waals surface area contributed by atoms with Gasteiger partial charge in [0.2, 0.25) is 0 Å². The van der Waals surface area contributed by atoms with Gasteiger partial charge in [-0.05, 0) is 70.2 Å². The van der Waals surface area contributed by atoms with Gasteiger partial charge in [0.05, 0.1) is 0 Å². The summed E-state index contributed by atoms with van der Waals surface area (Å²) in [5.41, 5.74) is 16.5. The monoisotopic (exact) mass is 920 g/mol. The molecule has 0 bridgehead atoms. The second-order valence-corrected chi connectivity index (χ2v) is 20.0. The van der Waals surface area contributed by atoms with Crippen LogP contribution in [0, 0.1) is 0 Å². The Balaban J connectivity index is 0.000000201. The Morgan fingerprint density at radius 1 is 0.467 bits per heavy atom. The first-order chi connectivity index (χ1) is 29.5. The van der Waals surface area contributed by atoms with Crippen molar-refractivity contribution in [3.05, 3.63) is 180 Å². The molecule has 2 radical (unpaired) electrons. The fourth-order valence-electron chi connectivity index (χ4n) is 8.18. The summed E-state index contributed by atoms with van der Waals surface area (Å²) in [4.78, 5) is 0. The molecule has 0 saturated heterocycles. The van der Waals surface area contributed by atoms with E-state index in [1.54, 1.807) is 0 Å². The van der Waals surface area contributed by atoms with Crippen molar-refractivity contribution >= 4 is 48.1 Å². The first-order valence-electron chi connectivity index (χ1n) is 21.7. The summed E-state index contributed by atoms with van der Waals surface area (Å²) in [6.07, 6.45) is 9.41. The topological polar surface area (TPSA) is 0 Å². The van der Waals surface area contributed by atoms with E-state index >= 15 is 0 Å². The van der Waals surface area contributed by atoms with E-state index < -0.39 is 20.8 Å². The Hall–Kier alpha value is -3.78. The Labute approximate surface area is 382 Å². The average Bonchev–Trinajstić information content (AvgIpc) is 3.92. The first-order valence-corrected chi connectivity index (χ1v) is 30.1. The number of halogens is 2.